The summed E-state index contributed by atoms with van der Waals surface area (Å²) in [6.07, 6.45) is 17.0. The van der Waals surface area contributed by atoms with Gasteiger partial charge in [-0.25, -0.2) is 4.21 Å². The Morgan fingerprint density at radius 2 is 1.47 bits per heavy atom. The van der Waals surface area contributed by atoms with E-state index in [0.29, 0.717) is 13.2 Å². The summed E-state index contributed by atoms with van der Waals surface area (Å²) in [6, 6.07) is 10.1. The third-order valence-electron chi connectivity index (χ3n) is 7.03. The van der Waals surface area contributed by atoms with Crippen molar-refractivity contribution < 1.29 is 17.9 Å². The Hall–Kier alpha value is -0.790. The predicted octanol–water partition coefficient (Wildman–Crippen LogP) is 7.08. The number of benzene rings is 1. The monoisotopic (exact) mass is 493 g/mol. The molecular formula is C28H47NO4S. The molecule has 2 heterocycles. The number of hydrogen-bond acceptors (Lipinski definition) is 4. The Balaban J connectivity index is 1.38. The van der Waals surface area contributed by atoms with Gasteiger partial charge in [-0.1, -0.05) is 114 Å². The topological polar surface area (TPSA) is 48.0 Å². The van der Waals surface area contributed by atoms with Crippen LogP contribution >= 0.6 is 0 Å². The molecule has 3 rings (SSSR count). The molecule has 0 saturated carbocycles. The molecular weight excluding hydrogens is 446 g/mol. The highest BCUT2D eigenvalue weighted by atomic mass is 32.2. The van der Waals surface area contributed by atoms with E-state index in [4.69, 9.17) is 13.7 Å². The highest BCUT2D eigenvalue weighted by Crippen LogP contribution is 2.37. The lowest BCUT2D eigenvalue weighted by atomic mass is 9.99. The van der Waals surface area contributed by atoms with Crippen molar-refractivity contribution in [2.45, 2.75) is 135 Å². The second kappa shape index (κ2) is 14.7. The molecule has 2 aliphatic heterocycles. The number of nitrogens with zero attached hydrogens (tertiary/aromatic N) is 1. The van der Waals surface area contributed by atoms with E-state index in [1.807, 2.05) is 36.4 Å². The molecule has 1 aromatic carbocycles. The second-order valence-corrected chi connectivity index (χ2v) is 11.6. The predicted molar refractivity (Wildman–Crippen MR) is 139 cm³/mol. The Morgan fingerprint density at radius 1 is 0.882 bits per heavy atom. The first-order valence-electron chi connectivity index (χ1n) is 13.7. The first-order valence-corrected chi connectivity index (χ1v) is 14.7. The first kappa shape index (κ1) is 27.8. The minimum atomic E-state index is -1.45. The van der Waals surface area contributed by atoms with Crippen LogP contribution < -0.4 is 0 Å². The summed E-state index contributed by atoms with van der Waals surface area (Å²) >= 11 is -1.45. The smallest absolute Gasteiger partial charge is 0.238 e. The van der Waals surface area contributed by atoms with Crippen LogP contribution in [-0.4, -0.2) is 39.2 Å². The summed E-state index contributed by atoms with van der Waals surface area (Å²) in [5.41, 5.74) is 1.13. The van der Waals surface area contributed by atoms with Crippen molar-refractivity contribution in [3.8, 4) is 0 Å². The van der Waals surface area contributed by atoms with Gasteiger partial charge in [0.15, 0.2) is 5.79 Å². The molecule has 4 atom stereocenters. The normalized spacial score (nSPS) is 26.9. The van der Waals surface area contributed by atoms with Crippen LogP contribution in [-0.2, 0) is 31.5 Å². The zero-order valence-corrected chi connectivity index (χ0v) is 22.5. The Bertz CT molecular complexity index is 714. The Labute approximate surface area is 210 Å². The summed E-state index contributed by atoms with van der Waals surface area (Å²) in [6.45, 7) is 7.24. The van der Waals surface area contributed by atoms with Gasteiger partial charge in [-0.2, -0.15) is 4.31 Å². The van der Waals surface area contributed by atoms with Crippen LogP contribution in [0.2, 0.25) is 0 Å². The lowest BCUT2D eigenvalue weighted by molar-refractivity contribution is -0.150. The number of unbranched alkanes of at least 4 members (excludes halogenated alkanes) is 11. The molecule has 0 aliphatic carbocycles. The lowest BCUT2D eigenvalue weighted by Crippen LogP contribution is -2.45. The first-order chi connectivity index (χ1) is 16.5. The van der Waals surface area contributed by atoms with Crippen LogP contribution in [0.5, 0.6) is 0 Å². The molecule has 194 valence electrons. The third-order valence-corrected chi connectivity index (χ3v) is 8.15. The molecule has 1 aromatic rings. The molecule has 0 bridgehead atoms. The van der Waals surface area contributed by atoms with Crippen molar-refractivity contribution in [3.63, 3.8) is 0 Å². The molecule has 34 heavy (non-hydrogen) atoms. The van der Waals surface area contributed by atoms with Gasteiger partial charge in [0.2, 0.25) is 11.3 Å². The summed E-state index contributed by atoms with van der Waals surface area (Å²) in [5, 5.41) is 0. The summed E-state index contributed by atoms with van der Waals surface area (Å²) < 4.78 is 32.7. The minimum absolute atomic E-state index is 0.0140. The van der Waals surface area contributed by atoms with Gasteiger partial charge < -0.3 is 9.47 Å². The van der Waals surface area contributed by atoms with Gasteiger partial charge in [-0.15, -0.1) is 0 Å². The third kappa shape index (κ3) is 9.02. The van der Waals surface area contributed by atoms with E-state index in [2.05, 4.69) is 19.1 Å². The van der Waals surface area contributed by atoms with E-state index in [9.17, 15) is 4.21 Å². The molecule has 2 aliphatic rings. The molecule has 0 N–H and O–H groups in total. The number of rotatable bonds is 16. The number of ether oxygens (including phenoxy) is 2. The standard InChI is InChI=1S/C28H47NO4S/c1-4-5-6-7-8-9-10-11-12-13-14-18-21-26-27(33-28(2,3)32-26)25-23-31-34(30)29(25)22-24-19-16-15-17-20-24/h15-17,19-20,25-27H,4-14,18,21-23H2,1-3H3/t25-,26+,27-,34?/m0/s1. The fraction of sp³-hybridized carbons (Fsp3) is 0.786. The lowest BCUT2D eigenvalue weighted by Gasteiger charge is -2.28. The van der Waals surface area contributed by atoms with Crippen LogP contribution in [0.1, 0.15) is 110 Å². The molecule has 2 fully saturated rings. The van der Waals surface area contributed by atoms with Gasteiger partial charge in [-0.05, 0) is 25.8 Å². The summed E-state index contributed by atoms with van der Waals surface area (Å²) in [5.74, 6) is -0.616. The molecule has 0 radical (unpaired) electrons. The minimum Gasteiger partial charge on any atom is -0.345 e. The van der Waals surface area contributed by atoms with Crippen molar-refractivity contribution in [1.29, 1.82) is 0 Å². The molecule has 0 spiro atoms. The van der Waals surface area contributed by atoms with Gasteiger partial charge in [-0.3, -0.25) is 4.18 Å². The van der Waals surface area contributed by atoms with E-state index in [-0.39, 0.29) is 18.2 Å². The molecule has 0 amide bonds. The van der Waals surface area contributed by atoms with Crippen molar-refractivity contribution >= 4 is 11.3 Å². The maximum atomic E-state index is 12.6. The highest BCUT2D eigenvalue weighted by Gasteiger charge is 2.50. The zero-order valence-electron chi connectivity index (χ0n) is 21.7. The average molecular weight is 494 g/mol. The number of hydrogen-bond donors (Lipinski definition) is 0. The van der Waals surface area contributed by atoms with Crippen LogP contribution in [0.4, 0.5) is 0 Å². The molecule has 5 nitrogen and oxygen atoms in total. The van der Waals surface area contributed by atoms with Crippen molar-refractivity contribution in [2.24, 2.45) is 0 Å². The molecule has 6 heteroatoms. The Kier molecular flexibility index (Phi) is 12.0. The second-order valence-electron chi connectivity index (χ2n) is 10.4. The molecule has 1 unspecified atom stereocenters. The van der Waals surface area contributed by atoms with Crippen LogP contribution in [0.3, 0.4) is 0 Å². The van der Waals surface area contributed by atoms with E-state index < -0.39 is 17.1 Å². The quantitative estimate of drug-likeness (QED) is 0.231. The SMILES string of the molecule is CCCCCCCCCCCCCC[C@H]1OC(C)(C)O[C@H]1[C@@H]1COS(=O)N1Cc1ccccc1. The van der Waals surface area contributed by atoms with E-state index >= 15 is 0 Å². The van der Waals surface area contributed by atoms with Crippen molar-refractivity contribution in [1.82, 2.24) is 4.31 Å². The molecule has 2 saturated heterocycles. The van der Waals surface area contributed by atoms with E-state index in [1.165, 1.54) is 70.6 Å². The Morgan fingerprint density at radius 3 is 2.09 bits per heavy atom. The highest BCUT2D eigenvalue weighted by molar-refractivity contribution is 7.77. The summed E-state index contributed by atoms with van der Waals surface area (Å²) in [7, 11) is 0. The van der Waals surface area contributed by atoms with E-state index in [1.54, 1.807) is 0 Å². The molecule has 0 aromatic heterocycles. The van der Waals surface area contributed by atoms with Gasteiger partial charge in [0.1, 0.15) is 6.10 Å². The van der Waals surface area contributed by atoms with Gasteiger partial charge in [0.25, 0.3) is 0 Å². The van der Waals surface area contributed by atoms with Crippen molar-refractivity contribution in [2.75, 3.05) is 6.61 Å². The fourth-order valence-electron chi connectivity index (χ4n) is 5.18. The average Bonchev–Trinajstić information content (AvgIpc) is 3.33. The van der Waals surface area contributed by atoms with Gasteiger partial charge in [0, 0.05) is 6.54 Å². The largest absolute Gasteiger partial charge is 0.345 e. The van der Waals surface area contributed by atoms with Crippen LogP contribution in [0, 0.1) is 0 Å². The van der Waals surface area contributed by atoms with E-state index in [0.717, 1.165) is 18.4 Å². The van der Waals surface area contributed by atoms with Gasteiger partial charge in [0.05, 0.1) is 18.8 Å². The van der Waals surface area contributed by atoms with Crippen LogP contribution in [0.25, 0.3) is 0 Å². The van der Waals surface area contributed by atoms with Gasteiger partial charge >= 0.3 is 0 Å². The maximum absolute atomic E-state index is 12.6. The maximum Gasteiger partial charge on any atom is 0.238 e. The zero-order chi connectivity index (χ0) is 24.2. The fourth-order valence-corrected chi connectivity index (χ4v) is 6.23. The van der Waals surface area contributed by atoms with Crippen LogP contribution in [0.15, 0.2) is 30.3 Å². The summed E-state index contributed by atoms with van der Waals surface area (Å²) in [4.78, 5) is 0. The van der Waals surface area contributed by atoms with Crippen molar-refractivity contribution in [3.05, 3.63) is 35.9 Å².